The Hall–Kier alpha value is -0.390. The van der Waals surface area contributed by atoms with E-state index in [9.17, 15) is 9.18 Å². The molecule has 1 aromatic rings. The molecule has 0 bridgehead atoms. The molecule has 0 spiro atoms. The first-order valence-electron chi connectivity index (χ1n) is 7.55. The van der Waals surface area contributed by atoms with Crippen LogP contribution in [0.4, 0.5) is 4.39 Å². The number of carbonyl (C=O) groups is 1. The van der Waals surface area contributed by atoms with E-state index in [0.29, 0.717) is 22.1 Å². The topological polar surface area (TPSA) is 29.1 Å². The van der Waals surface area contributed by atoms with Gasteiger partial charge in [-0.15, -0.1) is 11.8 Å². The Kier molecular flexibility index (Phi) is 7.90. The molecule has 0 unspecified atom stereocenters. The molecule has 122 valence electrons. The fourth-order valence-electron chi connectivity index (χ4n) is 2.41. The highest BCUT2D eigenvalue weighted by atomic mass is 35.5. The van der Waals surface area contributed by atoms with E-state index in [1.165, 1.54) is 43.5 Å². The van der Waals surface area contributed by atoms with E-state index in [-0.39, 0.29) is 11.7 Å². The van der Waals surface area contributed by atoms with E-state index in [2.05, 4.69) is 5.32 Å². The van der Waals surface area contributed by atoms with E-state index in [0.717, 1.165) is 17.5 Å². The van der Waals surface area contributed by atoms with Crippen molar-refractivity contribution >= 4 is 41.0 Å². The van der Waals surface area contributed by atoms with Crippen LogP contribution in [0.3, 0.4) is 0 Å². The zero-order valence-electron chi connectivity index (χ0n) is 12.4. The van der Waals surface area contributed by atoms with Crippen LogP contribution in [0, 0.1) is 5.82 Å². The van der Waals surface area contributed by atoms with E-state index in [1.807, 2.05) is 11.8 Å². The minimum Gasteiger partial charge on any atom is -0.355 e. The summed E-state index contributed by atoms with van der Waals surface area (Å²) in [4.78, 5) is 11.7. The van der Waals surface area contributed by atoms with Gasteiger partial charge < -0.3 is 5.32 Å². The van der Waals surface area contributed by atoms with Gasteiger partial charge in [0.1, 0.15) is 5.82 Å². The molecular weight excluding hydrogens is 341 g/mol. The van der Waals surface area contributed by atoms with Gasteiger partial charge >= 0.3 is 0 Å². The Morgan fingerprint density at radius 3 is 2.86 bits per heavy atom. The fraction of sp³-hybridized carbons (Fsp3) is 0.562. The van der Waals surface area contributed by atoms with Gasteiger partial charge in [-0.1, -0.05) is 30.5 Å². The van der Waals surface area contributed by atoms with Gasteiger partial charge in [-0.2, -0.15) is 11.8 Å². The Balaban J connectivity index is 1.55. The molecule has 2 nitrogen and oxygen atoms in total. The molecule has 0 radical (unpaired) electrons. The van der Waals surface area contributed by atoms with Crippen LogP contribution in [0.25, 0.3) is 0 Å². The first-order valence-corrected chi connectivity index (χ1v) is 10.1. The van der Waals surface area contributed by atoms with Crippen LogP contribution in [-0.4, -0.2) is 29.2 Å². The minimum atomic E-state index is -0.312. The van der Waals surface area contributed by atoms with Crippen molar-refractivity contribution in [3.63, 3.8) is 0 Å². The van der Waals surface area contributed by atoms with Gasteiger partial charge in [0, 0.05) is 28.3 Å². The Morgan fingerprint density at radius 1 is 1.36 bits per heavy atom. The standard InChI is InChI=1S/C16H21ClFNOS2/c17-13-6-5-12(15(18)9-13)10-21-11-16(20)19-7-8-22-14-3-1-2-4-14/h5-6,9,14H,1-4,7-8,10-11H2,(H,19,20). The lowest BCUT2D eigenvalue weighted by Crippen LogP contribution is -2.27. The Labute approximate surface area is 145 Å². The Morgan fingerprint density at radius 2 is 2.14 bits per heavy atom. The molecule has 0 aliphatic heterocycles. The normalized spacial score (nSPS) is 15.2. The number of hydrogen-bond donors (Lipinski definition) is 1. The second-order valence-corrected chi connectivity index (χ2v) is 8.19. The molecule has 1 aliphatic rings. The second-order valence-electron chi connectivity index (χ2n) is 5.36. The summed E-state index contributed by atoms with van der Waals surface area (Å²) in [5, 5.41) is 4.10. The van der Waals surface area contributed by atoms with Crippen LogP contribution in [0.5, 0.6) is 0 Å². The van der Waals surface area contributed by atoms with Gasteiger partial charge in [0.25, 0.3) is 0 Å². The maximum Gasteiger partial charge on any atom is 0.230 e. The second kappa shape index (κ2) is 9.68. The molecule has 0 heterocycles. The molecule has 0 saturated heterocycles. The van der Waals surface area contributed by atoms with Crippen molar-refractivity contribution in [3.8, 4) is 0 Å². The number of nitrogens with one attached hydrogen (secondary N) is 1. The van der Waals surface area contributed by atoms with Crippen LogP contribution in [0.15, 0.2) is 18.2 Å². The zero-order chi connectivity index (χ0) is 15.8. The van der Waals surface area contributed by atoms with Gasteiger partial charge in [0.05, 0.1) is 5.75 Å². The third kappa shape index (κ3) is 6.39. The van der Waals surface area contributed by atoms with Crippen LogP contribution < -0.4 is 5.32 Å². The summed E-state index contributed by atoms with van der Waals surface area (Å²) >= 11 is 9.09. The van der Waals surface area contributed by atoms with Crippen LogP contribution >= 0.6 is 35.1 Å². The minimum absolute atomic E-state index is 0.0198. The number of carbonyl (C=O) groups excluding carboxylic acids is 1. The largest absolute Gasteiger partial charge is 0.355 e. The highest BCUT2D eigenvalue weighted by molar-refractivity contribution is 8.00. The van der Waals surface area contributed by atoms with Crippen LogP contribution in [-0.2, 0) is 10.5 Å². The molecule has 0 aromatic heterocycles. The quantitative estimate of drug-likeness (QED) is 0.691. The molecule has 6 heteroatoms. The Bertz CT molecular complexity index is 495. The summed E-state index contributed by atoms with van der Waals surface area (Å²) in [7, 11) is 0. The van der Waals surface area contributed by atoms with Crippen molar-refractivity contribution in [2.24, 2.45) is 0 Å². The average Bonchev–Trinajstić information content (AvgIpc) is 2.99. The molecule has 1 aliphatic carbocycles. The van der Waals surface area contributed by atoms with Crippen molar-refractivity contribution < 1.29 is 9.18 Å². The monoisotopic (exact) mass is 361 g/mol. The summed E-state index contributed by atoms with van der Waals surface area (Å²) < 4.78 is 13.6. The maximum atomic E-state index is 13.6. The first kappa shape index (κ1) is 18.0. The van der Waals surface area contributed by atoms with Gasteiger partial charge in [-0.3, -0.25) is 4.79 Å². The number of halogens is 2. The predicted octanol–water partition coefficient (Wildman–Crippen LogP) is 4.50. The first-order chi connectivity index (χ1) is 10.6. The highest BCUT2D eigenvalue weighted by Gasteiger charge is 2.14. The molecule has 22 heavy (non-hydrogen) atoms. The molecule has 1 aromatic carbocycles. The molecule has 1 saturated carbocycles. The molecule has 2 rings (SSSR count). The number of benzene rings is 1. The van der Waals surface area contributed by atoms with Crippen molar-refractivity contribution in [2.45, 2.75) is 36.7 Å². The van der Waals surface area contributed by atoms with Gasteiger partial charge in [-0.05, 0) is 30.5 Å². The van der Waals surface area contributed by atoms with E-state index < -0.39 is 0 Å². The molecular formula is C16H21ClFNOS2. The third-order valence-electron chi connectivity index (χ3n) is 3.59. The fourth-order valence-corrected chi connectivity index (χ4v) is 4.64. The highest BCUT2D eigenvalue weighted by Crippen LogP contribution is 2.28. The third-order valence-corrected chi connectivity index (χ3v) is 6.18. The molecule has 1 fully saturated rings. The number of rotatable bonds is 8. The zero-order valence-corrected chi connectivity index (χ0v) is 14.8. The van der Waals surface area contributed by atoms with Crippen molar-refractivity contribution in [3.05, 3.63) is 34.6 Å². The maximum absolute atomic E-state index is 13.6. The molecule has 1 N–H and O–H groups in total. The van der Waals surface area contributed by atoms with Crippen LogP contribution in [0.1, 0.15) is 31.2 Å². The summed E-state index contributed by atoms with van der Waals surface area (Å²) in [6.07, 6.45) is 5.34. The number of thioether (sulfide) groups is 2. The van der Waals surface area contributed by atoms with E-state index in [4.69, 9.17) is 11.6 Å². The summed E-state index contributed by atoms with van der Waals surface area (Å²) in [5.74, 6) is 1.52. The summed E-state index contributed by atoms with van der Waals surface area (Å²) in [6, 6.07) is 4.64. The van der Waals surface area contributed by atoms with Gasteiger partial charge in [0.2, 0.25) is 5.91 Å². The lowest BCUT2D eigenvalue weighted by Gasteiger charge is -2.09. The lowest BCUT2D eigenvalue weighted by molar-refractivity contribution is -0.118. The van der Waals surface area contributed by atoms with Gasteiger partial charge in [-0.25, -0.2) is 4.39 Å². The van der Waals surface area contributed by atoms with E-state index in [1.54, 1.807) is 12.1 Å². The lowest BCUT2D eigenvalue weighted by atomic mass is 10.2. The molecule has 0 atom stereocenters. The molecule has 1 amide bonds. The number of amides is 1. The van der Waals surface area contributed by atoms with Crippen molar-refractivity contribution in [2.75, 3.05) is 18.1 Å². The summed E-state index contributed by atoms with van der Waals surface area (Å²) in [6.45, 7) is 0.718. The smallest absolute Gasteiger partial charge is 0.230 e. The van der Waals surface area contributed by atoms with Crippen molar-refractivity contribution in [1.82, 2.24) is 5.32 Å². The number of hydrogen-bond acceptors (Lipinski definition) is 3. The van der Waals surface area contributed by atoms with Crippen molar-refractivity contribution in [1.29, 1.82) is 0 Å². The van der Waals surface area contributed by atoms with Crippen LogP contribution in [0.2, 0.25) is 5.02 Å². The van der Waals surface area contributed by atoms with Gasteiger partial charge in [0.15, 0.2) is 0 Å². The summed E-state index contributed by atoms with van der Waals surface area (Å²) in [5.41, 5.74) is 0.582. The average molecular weight is 362 g/mol. The SMILES string of the molecule is O=C(CSCc1ccc(Cl)cc1F)NCCSC1CCCC1. The van der Waals surface area contributed by atoms with E-state index >= 15 is 0 Å². The predicted molar refractivity (Wildman–Crippen MR) is 95.3 cm³/mol.